The largest absolute Gasteiger partial charge is 1.00 e. The summed E-state index contributed by atoms with van der Waals surface area (Å²) in [5, 5.41) is 10.4. The van der Waals surface area contributed by atoms with Crippen LogP contribution in [0.15, 0.2) is 18.2 Å². The maximum absolute atomic E-state index is 10.4. The number of benzene rings is 1. The predicted molar refractivity (Wildman–Crippen MR) is 39.9 cm³/mol. The van der Waals surface area contributed by atoms with Crippen molar-refractivity contribution in [1.29, 1.82) is 0 Å². The summed E-state index contributed by atoms with van der Waals surface area (Å²) in [6.07, 6.45) is 0. The molecule has 12 heavy (non-hydrogen) atoms. The average Bonchev–Trinajstić information content (AvgIpc) is 1.94. The van der Waals surface area contributed by atoms with Crippen LogP contribution < -0.4 is 62.2 Å². The summed E-state index contributed by atoms with van der Waals surface area (Å²) in [6.45, 7) is 1.80. The SMILES string of the molecule is Cc1ccc(N)c(C(=O)[O-])c1.[K+]. The van der Waals surface area contributed by atoms with Gasteiger partial charge in [0.1, 0.15) is 0 Å². The summed E-state index contributed by atoms with van der Waals surface area (Å²) in [7, 11) is 0. The molecule has 0 saturated carbocycles. The van der Waals surface area contributed by atoms with E-state index in [9.17, 15) is 9.90 Å². The number of carboxylic acids is 1. The number of anilines is 1. The Hall–Kier alpha value is 0.126. The van der Waals surface area contributed by atoms with E-state index in [1.54, 1.807) is 19.1 Å². The van der Waals surface area contributed by atoms with Crippen molar-refractivity contribution in [3.63, 3.8) is 0 Å². The van der Waals surface area contributed by atoms with Crippen molar-refractivity contribution >= 4 is 11.7 Å². The number of aromatic carboxylic acids is 1. The van der Waals surface area contributed by atoms with Gasteiger partial charge in [-0.1, -0.05) is 11.6 Å². The summed E-state index contributed by atoms with van der Waals surface area (Å²) in [5.74, 6) is -1.23. The van der Waals surface area contributed by atoms with Crippen molar-refractivity contribution in [2.24, 2.45) is 0 Å². The molecular weight excluding hydrogens is 181 g/mol. The second kappa shape index (κ2) is 4.99. The third-order valence-electron chi connectivity index (χ3n) is 1.43. The molecule has 3 nitrogen and oxygen atoms in total. The molecule has 4 heteroatoms. The summed E-state index contributed by atoms with van der Waals surface area (Å²) in [4.78, 5) is 10.4. The van der Waals surface area contributed by atoms with Crippen molar-refractivity contribution in [3.05, 3.63) is 29.3 Å². The normalized spacial score (nSPS) is 8.75. The maximum atomic E-state index is 10.4. The van der Waals surface area contributed by atoms with E-state index in [1.807, 2.05) is 0 Å². The quantitative estimate of drug-likeness (QED) is 0.377. The number of carboxylic acid groups (broad SMARTS) is 1. The minimum atomic E-state index is -1.23. The number of carbonyl (C=O) groups excluding carboxylic acids is 1. The van der Waals surface area contributed by atoms with Crippen LogP contribution in [0, 0.1) is 6.92 Å². The van der Waals surface area contributed by atoms with Crippen molar-refractivity contribution in [2.75, 3.05) is 5.73 Å². The zero-order valence-electron chi connectivity index (χ0n) is 7.13. The molecule has 0 fully saturated rings. The second-order valence-electron chi connectivity index (χ2n) is 2.38. The molecule has 0 atom stereocenters. The van der Waals surface area contributed by atoms with Gasteiger partial charge in [-0.3, -0.25) is 0 Å². The van der Waals surface area contributed by atoms with Gasteiger partial charge in [0.15, 0.2) is 0 Å². The Labute approximate surface area is 113 Å². The van der Waals surface area contributed by atoms with E-state index in [-0.39, 0.29) is 62.6 Å². The molecule has 0 aliphatic rings. The molecule has 0 unspecified atom stereocenters. The van der Waals surface area contributed by atoms with Gasteiger partial charge in [-0.25, -0.2) is 0 Å². The smallest absolute Gasteiger partial charge is 0.545 e. The van der Waals surface area contributed by atoms with Crippen molar-refractivity contribution < 1.29 is 61.3 Å². The Morgan fingerprint density at radius 1 is 1.50 bits per heavy atom. The number of nitrogens with two attached hydrogens (primary N) is 1. The first-order chi connectivity index (χ1) is 5.11. The van der Waals surface area contributed by atoms with Gasteiger partial charge in [0.2, 0.25) is 0 Å². The molecule has 0 aliphatic carbocycles. The van der Waals surface area contributed by atoms with Crippen LogP contribution in [0.5, 0.6) is 0 Å². The van der Waals surface area contributed by atoms with Gasteiger partial charge in [-0.15, -0.1) is 0 Å². The molecule has 1 rings (SSSR count). The van der Waals surface area contributed by atoms with Gasteiger partial charge in [-0.05, 0) is 19.1 Å². The van der Waals surface area contributed by atoms with Crippen LogP contribution in [0.1, 0.15) is 15.9 Å². The monoisotopic (exact) mass is 189 g/mol. The number of aryl methyl sites for hydroxylation is 1. The van der Waals surface area contributed by atoms with E-state index >= 15 is 0 Å². The van der Waals surface area contributed by atoms with E-state index in [4.69, 9.17) is 5.73 Å². The first-order valence-corrected chi connectivity index (χ1v) is 3.18. The Bertz CT molecular complexity index is 299. The number of hydrogen-bond donors (Lipinski definition) is 1. The van der Waals surface area contributed by atoms with Gasteiger partial charge in [0.05, 0.1) is 5.97 Å². The molecule has 0 saturated heterocycles. The van der Waals surface area contributed by atoms with Crippen molar-refractivity contribution in [2.45, 2.75) is 6.92 Å². The minimum absolute atomic E-state index is 0. The van der Waals surface area contributed by atoms with Crippen molar-refractivity contribution in [3.8, 4) is 0 Å². The fourth-order valence-electron chi connectivity index (χ4n) is 0.847. The molecule has 0 amide bonds. The Balaban J connectivity index is 0.00000121. The Kier molecular flexibility index (Phi) is 5.04. The fraction of sp³-hybridized carbons (Fsp3) is 0.125. The van der Waals surface area contributed by atoms with E-state index in [0.29, 0.717) is 0 Å². The molecule has 0 bridgehead atoms. The number of nitrogen functional groups attached to an aromatic ring is 1. The van der Waals surface area contributed by atoms with Crippen LogP contribution in [0.3, 0.4) is 0 Å². The first kappa shape index (κ1) is 12.1. The summed E-state index contributed by atoms with van der Waals surface area (Å²) in [5.41, 5.74) is 6.54. The Morgan fingerprint density at radius 3 is 2.50 bits per heavy atom. The molecule has 2 N–H and O–H groups in total. The van der Waals surface area contributed by atoms with Gasteiger partial charge < -0.3 is 15.6 Å². The van der Waals surface area contributed by atoms with Crippen LogP contribution in [0.25, 0.3) is 0 Å². The molecule has 0 aromatic heterocycles. The number of carbonyl (C=O) groups is 1. The molecule has 0 radical (unpaired) electrons. The van der Waals surface area contributed by atoms with Gasteiger partial charge in [0, 0.05) is 11.3 Å². The first-order valence-electron chi connectivity index (χ1n) is 3.18. The number of hydrogen-bond acceptors (Lipinski definition) is 3. The molecule has 0 aliphatic heterocycles. The van der Waals surface area contributed by atoms with Crippen LogP contribution >= 0.6 is 0 Å². The summed E-state index contributed by atoms with van der Waals surface area (Å²) in [6, 6.07) is 4.80. The van der Waals surface area contributed by atoms with Gasteiger partial charge in [-0.2, -0.15) is 0 Å². The fourth-order valence-corrected chi connectivity index (χ4v) is 0.847. The number of rotatable bonds is 1. The van der Waals surface area contributed by atoms with Crippen LogP contribution in [-0.2, 0) is 0 Å². The van der Waals surface area contributed by atoms with Crippen molar-refractivity contribution in [1.82, 2.24) is 0 Å². The van der Waals surface area contributed by atoms with E-state index in [1.165, 1.54) is 6.07 Å². The van der Waals surface area contributed by atoms with E-state index in [0.717, 1.165) is 5.56 Å². The molecule has 0 spiro atoms. The predicted octanol–water partition coefficient (Wildman–Crippen LogP) is -3.06. The second-order valence-corrected chi connectivity index (χ2v) is 2.38. The average molecular weight is 189 g/mol. The molecule has 1 aromatic rings. The topological polar surface area (TPSA) is 66.2 Å². The minimum Gasteiger partial charge on any atom is -0.545 e. The van der Waals surface area contributed by atoms with Crippen LogP contribution in [-0.4, -0.2) is 5.97 Å². The summed E-state index contributed by atoms with van der Waals surface area (Å²) < 4.78 is 0. The zero-order valence-corrected chi connectivity index (χ0v) is 10.2. The van der Waals surface area contributed by atoms with Crippen LogP contribution in [0.2, 0.25) is 0 Å². The third-order valence-corrected chi connectivity index (χ3v) is 1.43. The Morgan fingerprint density at radius 2 is 2.08 bits per heavy atom. The molecule has 58 valence electrons. The molecular formula is C8H8KNO2. The molecule has 1 aromatic carbocycles. The molecule has 0 heterocycles. The van der Waals surface area contributed by atoms with Gasteiger partial charge >= 0.3 is 51.4 Å². The van der Waals surface area contributed by atoms with E-state index in [2.05, 4.69) is 0 Å². The zero-order chi connectivity index (χ0) is 8.43. The van der Waals surface area contributed by atoms with E-state index < -0.39 is 5.97 Å². The third kappa shape index (κ3) is 2.88. The standard InChI is InChI=1S/C8H9NO2.K/c1-5-2-3-7(9)6(4-5)8(10)11;/h2-4H,9H2,1H3,(H,10,11);/q;+1/p-1. The van der Waals surface area contributed by atoms with Gasteiger partial charge in [0.25, 0.3) is 0 Å². The summed E-state index contributed by atoms with van der Waals surface area (Å²) >= 11 is 0. The maximum Gasteiger partial charge on any atom is 1.00 e. The van der Waals surface area contributed by atoms with Crippen LogP contribution in [0.4, 0.5) is 5.69 Å².